The Morgan fingerprint density at radius 2 is 1.81 bits per heavy atom. The van der Waals surface area contributed by atoms with Crippen molar-refractivity contribution in [3.8, 4) is 0 Å². The third-order valence-corrected chi connectivity index (χ3v) is 3.66. The second kappa shape index (κ2) is 7.40. The van der Waals surface area contributed by atoms with Gasteiger partial charge in [-0.3, -0.25) is 14.9 Å². The van der Waals surface area contributed by atoms with Crippen LogP contribution in [0.4, 0.5) is 19.1 Å². The van der Waals surface area contributed by atoms with Crippen molar-refractivity contribution < 1.29 is 18.0 Å². The van der Waals surface area contributed by atoms with E-state index in [-0.39, 0.29) is 23.6 Å². The lowest BCUT2D eigenvalue weighted by Crippen LogP contribution is -2.29. The molecule has 138 valence electrons. The smallest absolute Gasteiger partial charge is 0.310 e. The number of pyridine rings is 1. The summed E-state index contributed by atoms with van der Waals surface area (Å²) in [5.74, 6) is -0.667. The summed E-state index contributed by atoms with van der Waals surface area (Å²) in [4.78, 5) is 32.5. The van der Waals surface area contributed by atoms with E-state index in [1.807, 2.05) is 0 Å². The van der Waals surface area contributed by atoms with Crippen LogP contribution in [0, 0.1) is 0 Å². The highest BCUT2D eigenvalue weighted by atomic mass is 19.4. The number of alkyl halides is 3. The van der Waals surface area contributed by atoms with E-state index in [9.17, 15) is 22.8 Å². The van der Waals surface area contributed by atoms with Crippen molar-refractivity contribution in [2.75, 3.05) is 5.32 Å². The van der Waals surface area contributed by atoms with Crippen LogP contribution < -0.4 is 10.9 Å². The van der Waals surface area contributed by atoms with Gasteiger partial charge in [0, 0.05) is 18.6 Å². The minimum Gasteiger partial charge on any atom is -0.310 e. The number of rotatable bonds is 4. The van der Waals surface area contributed by atoms with Gasteiger partial charge < -0.3 is 4.57 Å². The fraction of sp³-hybridized carbons (Fsp3) is 0.111. The van der Waals surface area contributed by atoms with Crippen LogP contribution in [0.25, 0.3) is 0 Å². The highest BCUT2D eigenvalue weighted by molar-refractivity contribution is 6.02. The molecule has 2 aromatic heterocycles. The Morgan fingerprint density at radius 1 is 1.07 bits per heavy atom. The van der Waals surface area contributed by atoms with Gasteiger partial charge in [-0.25, -0.2) is 9.97 Å². The first-order valence-electron chi connectivity index (χ1n) is 7.78. The van der Waals surface area contributed by atoms with Crippen LogP contribution in [0.5, 0.6) is 0 Å². The summed E-state index contributed by atoms with van der Waals surface area (Å²) in [5, 5.41) is 2.40. The zero-order valence-electron chi connectivity index (χ0n) is 13.8. The first-order valence-corrected chi connectivity index (χ1v) is 7.78. The summed E-state index contributed by atoms with van der Waals surface area (Å²) < 4.78 is 39.7. The molecular formula is C18H13F3N4O2. The summed E-state index contributed by atoms with van der Waals surface area (Å²) in [6, 6.07) is 9.03. The highest BCUT2D eigenvalue weighted by Gasteiger charge is 2.30. The number of aromatic nitrogens is 3. The lowest BCUT2D eigenvalue weighted by atomic mass is 10.1. The van der Waals surface area contributed by atoms with Crippen LogP contribution in [0.2, 0.25) is 0 Å². The molecule has 3 aromatic rings. The van der Waals surface area contributed by atoms with Gasteiger partial charge in [0.15, 0.2) is 0 Å². The highest BCUT2D eigenvalue weighted by Crippen LogP contribution is 2.29. The van der Waals surface area contributed by atoms with Crippen LogP contribution in [-0.2, 0) is 12.7 Å². The number of amides is 1. The van der Waals surface area contributed by atoms with Crippen molar-refractivity contribution in [3.05, 3.63) is 88.1 Å². The number of anilines is 1. The molecule has 0 spiro atoms. The first-order chi connectivity index (χ1) is 12.8. The summed E-state index contributed by atoms with van der Waals surface area (Å²) in [5.41, 5.74) is -1.32. The SMILES string of the molecule is O=C(Nc1ncccn1)c1cccn(Cc2cccc(C(F)(F)F)c2)c1=O. The molecule has 1 N–H and O–H groups in total. The van der Waals surface area contributed by atoms with Crippen LogP contribution >= 0.6 is 0 Å². The monoisotopic (exact) mass is 374 g/mol. The number of carbonyl (C=O) groups excluding carboxylic acids is 1. The Balaban J connectivity index is 1.85. The minimum absolute atomic E-state index is 0.0372. The molecule has 0 atom stereocenters. The minimum atomic E-state index is -4.47. The average Bonchev–Trinajstić information content (AvgIpc) is 2.64. The van der Waals surface area contributed by atoms with E-state index >= 15 is 0 Å². The number of benzene rings is 1. The normalized spacial score (nSPS) is 11.2. The van der Waals surface area contributed by atoms with Crippen LogP contribution in [0.15, 0.2) is 65.8 Å². The van der Waals surface area contributed by atoms with Gasteiger partial charge in [-0.15, -0.1) is 0 Å². The van der Waals surface area contributed by atoms with E-state index in [1.54, 1.807) is 6.07 Å². The van der Waals surface area contributed by atoms with Crippen LogP contribution in [0.3, 0.4) is 0 Å². The van der Waals surface area contributed by atoms with Gasteiger partial charge >= 0.3 is 6.18 Å². The molecule has 0 aliphatic carbocycles. The van der Waals surface area contributed by atoms with Gasteiger partial charge in [0.2, 0.25) is 5.95 Å². The maximum atomic E-state index is 12.8. The van der Waals surface area contributed by atoms with Crippen LogP contribution in [0.1, 0.15) is 21.5 Å². The maximum Gasteiger partial charge on any atom is 0.416 e. The van der Waals surface area contributed by atoms with E-state index in [0.29, 0.717) is 0 Å². The van der Waals surface area contributed by atoms with E-state index in [1.165, 1.54) is 42.9 Å². The zero-order valence-corrected chi connectivity index (χ0v) is 13.8. The van der Waals surface area contributed by atoms with Gasteiger partial charge in [-0.2, -0.15) is 13.2 Å². The topological polar surface area (TPSA) is 76.9 Å². The Bertz CT molecular complexity index is 1020. The largest absolute Gasteiger partial charge is 0.416 e. The molecule has 0 aliphatic rings. The van der Waals surface area contributed by atoms with Crippen molar-refractivity contribution >= 4 is 11.9 Å². The van der Waals surface area contributed by atoms with E-state index in [2.05, 4.69) is 15.3 Å². The molecule has 0 radical (unpaired) electrons. The quantitative estimate of drug-likeness (QED) is 0.762. The van der Waals surface area contributed by atoms with Crippen molar-refractivity contribution in [3.63, 3.8) is 0 Å². The van der Waals surface area contributed by atoms with Gasteiger partial charge in [0.25, 0.3) is 11.5 Å². The third kappa shape index (κ3) is 4.38. The van der Waals surface area contributed by atoms with E-state index < -0.39 is 23.2 Å². The molecule has 0 bridgehead atoms. The van der Waals surface area contributed by atoms with E-state index in [0.717, 1.165) is 16.7 Å². The molecule has 1 aromatic carbocycles. The molecule has 0 fully saturated rings. The van der Waals surface area contributed by atoms with Crippen molar-refractivity contribution in [2.45, 2.75) is 12.7 Å². The second-order valence-corrected chi connectivity index (χ2v) is 5.58. The summed E-state index contributed by atoms with van der Waals surface area (Å²) in [7, 11) is 0. The first kappa shape index (κ1) is 18.3. The predicted molar refractivity (Wildman–Crippen MR) is 91.2 cm³/mol. The van der Waals surface area contributed by atoms with Gasteiger partial charge in [-0.05, 0) is 35.9 Å². The fourth-order valence-corrected chi connectivity index (χ4v) is 2.41. The summed E-state index contributed by atoms with van der Waals surface area (Å²) in [6.45, 7) is -0.105. The summed E-state index contributed by atoms with van der Waals surface area (Å²) >= 11 is 0. The number of nitrogens with one attached hydrogen (secondary N) is 1. The standard InChI is InChI=1S/C18H13F3N4O2/c19-18(20,21)13-5-1-4-12(10-13)11-25-9-2-6-14(16(25)27)15(26)24-17-22-7-3-8-23-17/h1-10H,11H2,(H,22,23,24,26). The molecule has 2 heterocycles. The Labute approximate surface area is 151 Å². The molecule has 3 rings (SSSR count). The Kier molecular flexibility index (Phi) is 5.02. The van der Waals surface area contributed by atoms with Crippen molar-refractivity contribution in [1.82, 2.24) is 14.5 Å². The number of carbonyl (C=O) groups is 1. The molecular weight excluding hydrogens is 361 g/mol. The van der Waals surface area contributed by atoms with Gasteiger partial charge in [0.05, 0.1) is 12.1 Å². The molecule has 1 amide bonds. The molecule has 0 aliphatic heterocycles. The van der Waals surface area contributed by atoms with Gasteiger partial charge in [-0.1, -0.05) is 12.1 Å². The number of nitrogens with zero attached hydrogens (tertiary/aromatic N) is 3. The molecule has 0 saturated heterocycles. The molecule has 9 heteroatoms. The number of halogens is 3. The van der Waals surface area contributed by atoms with Crippen molar-refractivity contribution in [1.29, 1.82) is 0 Å². The van der Waals surface area contributed by atoms with E-state index in [4.69, 9.17) is 0 Å². The second-order valence-electron chi connectivity index (χ2n) is 5.58. The Hall–Kier alpha value is -3.49. The zero-order chi connectivity index (χ0) is 19.4. The Morgan fingerprint density at radius 3 is 2.52 bits per heavy atom. The maximum absolute atomic E-state index is 12.8. The predicted octanol–water partition coefficient (Wildman–Crippen LogP) is 2.96. The average molecular weight is 374 g/mol. The fourth-order valence-electron chi connectivity index (χ4n) is 2.41. The molecule has 0 saturated carbocycles. The third-order valence-electron chi connectivity index (χ3n) is 3.66. The molecule has 6 nitrogen and oxygen atoms in total. The van der Waals surface area contributed by atoms with Crippen molar-refractivity contribution in [2.24, 2.45) is 0 Å². The number of hydrogen-bond donors (Lipinski definition) is 1. The lowest BCUT2D eigenvalue weighted by Gasteiger charge is -2.11. The van der Waals surface area contributed by atoms with Gasteiger partial charge in [0.1, 0.15) is 5.56 Å². The molecule has 0 unspecified atom stereocenters. The summed E-state index contributed by atoms with van der Waals surface area (Å²) in [6.07, 6.45) is -0.212. The molecule has 27 heavy (non-hydrogen) atoms. The lowest BCUT2D eigenvalue weighted by molar-refractivity contribution is -0.137. The number of hydrogen-bond acceptors (Lipinski definition) is 4. The van der Waals surface area contributed by atoms with Crippen LogP contribution in [-0.4, -0.2) is 20.4 Å².